The summed E-state index contributed by atoms with van der Waals surface area (Å²) >= 11 is 12.8. The first-order valence-electron chi connectivity index (χ1n) is 11.8. The Morgan fingerprint density at radius 2 is 1.78 bits per heavy atom. The molecule has 2 N–H and O–H groups in total. The minimum Gasteiger partial charge on any atom is -0.358 e. The Kier molecular flexibility index (Phi) is 9.03. The molecule has 0 radical (unpaired) electrons. The van der Waals surface area contributed by atoms with Crippen molar-refractivity contribution in [3.05, 3.63) is 69.3 Å². The molecule has 37 heavy (non-hydrogen) atoms. The van der Waals surface area contributed by atoms with Gasteiger partial charge in [-0.25, -0.2) is 4.68 Å². The molecule has 0 aliphatic heterocycles. The average molecular weight is 540 g/mol. The molecule has 194 valence electrons. The molecule has 3 rings (SSSR count). The van der Waals surface area contributed by atoms with Gasteiger partial charge in [0.1, 0.15) is 0 Å². The number of hydrogen-bond acceptors (Lipinski definition) is 4. The number of nitrogens with one attached hydrogen (secondary N) is 2. The Hall–Kier alpha value is -3.31. The number of rotatable bonds is 6. The standard InChI is InChI=1S/C28H31Cl2N5O2/c1-18-25(27(37)32-28(2,3)4)33-35(26(18)20-10-12-21(29)13-11-20)23-14-9-19(16-22(23)30)8-7-15-34(6)17-24(36)31-5/h9-14,16H,15,17H2,1-6H3,(H,31,36)(H,32,37). The number of aromatic nitrogens is 2. The van der Waals surface area contributed by atoms with Crippen LogP contribution in [-0.4, -0.2) is 59.2 Å². The van der Waals surface area contributed by atoms with Crippen LogP contribution in [0, 0.1) is 18.8 Å². The molecular weight excluding hydrogens is 509 g/mol. The highest BCUT2D eigenvalue weighted by Gasteiger charge is 2.25. The van der Waals surface area contributed by atoms with Crippen LogP contribution in [0.3, 0.4) is 0 Å². The number of carbonyl (C=O) groups is 2. The first kappa shape index (κ1) is 28.3. The first-order chi connectivity index (χ1) is 17.4. The number of likely N-dealkylation sites (N-methyl/N-ethyl adjacent to an activating group) is 2. The third-order valence-electron chi connectivity index (χ3n) is 5.39. The quantitative estimate of drug-likeness (QED) is 0.444. The van der Waals surface area contributed by atoms with Gasteiger partial charge in [0.15, 0.2) is 5.69 Å². The molecule has 0 atom stereocenters. The summed E-state index contributed by atoms with van der Waals surface area (Å²) < 4.78 is 1.69. The smallest absolute Gasteiger partial charge is 0.272 e. The first-order valence-corrected chi connectivity index (χ1v) is 12.5. The van der Waals surface area contributed by atoms with Crippen molar-refractivity contribution in [1.29, 1.82) is 0 Å². The summed E-state index contributed by atoms with van der Waals surface area (Å²) in [7, 11) is 3.43. The second kappa shape index (κ2) is 11.8. The topological polar surface area (TPSA) is 79.3 Å². The van der Waals surface area contributed by atoms with Crippen molar-refractivity contribution < 1.29 is 9.59 Å². The van der Waals surface area contributed by atoms with E-state index in [0.717, 1.165) is 22.4 Å². The molecule has 0 aliphatic carbocycles. The maximum absolute atomic E-state index is 13.1. The molecule has 0 unspecified atom stereocenters. The van der Waals surface area contributed by atoms with Gasteiger partial charge in [-0.2, -0.15) is 5.10 Å². The number of hydrogen-bond donors (Lipinski definition) is 2. The molecule has 1 heterocycles. The van der Waals surface area contributed by atoms with Gasteiger partial charge in [0, 0.05) is 34.3 Å². The molecule has 0 saturated carbocycles. The van der Waals surface area contributed by atoms with Gasteiger partial charge in [0.05, 0.1) is 29.5 Å². The van der Waals surface area contributed by atoms with Crippen molar-refractivity contribution in [3.63, 3.8) is 0 Å². The highest BCUT2D eigenvalue weighted by Crippen LogP contribution is 2.32. The van der Waals surface area contributed by atoms with E-state index in [0.29, 0.717) is 28.0 Å². The summed E-state index contributed by atoms with van der Waals surface area (Å²) in [5.41, 5.74) is 3.56. The summed E-state index contributed by atoms with van der Waals surface area (Å²) in [5.74, 6) is 5.81. The molecule has 1 aromatic heterocycles. The largest absolute Gasteiger partial charge is 0.358 e. The summed E-state index contributed by atoms with van der Waals surface area (Å²) in [6.07, 6.45) is 0. The van der Waals surface area contributed by atoms with Crippen molar-refractivity contribution >= 4 is 35.0 Å². The maximum Gasteiger partial charge on any atom is 0.272 e. The molecule has 0 aliphatic rings. The summed E-state index contributed by atoms with van der Waals surface area (Å²) in [5, 5.41) is 11.3. The Morgan fingerprint density at radius 1 is 1.11 bits per heavy atom. The van der Waals surface area contributed by atoms with E-state index in [9.17, 15) is 9.59 Å². The lowest BCUT2D eigenvalue weighted by Crippen LogP contribution is -2.41. The van der Waals surface area contributed by atoms with E-state index in [1.165, 1.54) is 0 Å². The predicted molar refractivity (Wildman–Crippen MR) is 149 cm³/mol. The molecular formula is C28H31Cl2N5O2. The third kappa shape index (κ3) is 7.36. The van der Waals surface area contributed by atoms with Gasteiger partial charge < -0.3 is 10.6 Å². The Bertz CT molecular complexity index is 1360. The van der Waals surface area contributed by atoms with E-state index in [-0.39, 0.29) is 18.4 Å². The molecule has 0 fully saturated rings. The van der Waals surface area contributed by atoms with Gasteiger partial charge >= 0.3 is 0 Å². The monoisotopic (exact) mass is 539 g/mol. The second-order valence-electron chi connectivity index (χ2n) is 9.76. The average Bonchev–Trinajstić information content (AvgIpc) is 3.15. The molecule has 0 bridgehead atoms. The number of carbonyl (C=O) groups excluding carboxylic acids is 2. The minimum absolute atomic E-state index is 0.0711. The second-order valence-corrected chi connectivity index (χ2v) is 10.6. The van der Waals surface area contributed by atoms with E-state index < -0.39 is 5.54 Å². The van der Waals surface area contributed by atoms with Crippen molar-refractivity contribution in [2.45, 2.75) is 33.2 Å². The van der Waals surface area contributed by atoms with Crippen LogP contribution < -0.4 is 10.6 Å². The lowest BCUT2D eigenvalue weighted by Gasteiger charge is -2.19. The fourth-order valence-corrected chi connectivity index (χ4v) is 4.03. The van der Waals surface area contributed by atoms with Crippen LogP contribution >= 0.6 is 23.2 Å². The molecule has 0 saturated heterocycles. The number of benzene rings is 2. The third-order valence-corrected chi connectivity index (χ3v) is 5.95. The minimum atomic E-state index is -0.417. The van der Waals surface area contributed by atoms with Crippen molar-refractivity contribution in [3.8, 4) is 28.8 Å². The zero-order chi connectivity index (χ0) is 27.3. The van der Waals surface area contributed by atoms with Crippen molar-refractivity contribution in [2.75, 3.05) is 27.2 Å². The summed E-state index contributed by atoms with van der Waals surface area (Å²) in [6, 6.07) is 12.8. The molecule has 0 spiro atoms. The number of halogens is 2. The van der Waals surface area contributed by atoms with Crippen LogP contribution in [0.4, 0.5) is 0 Å². The van der Waals surface area contributed by atoms with E-state index in [1.54, 1.807) is 29.9 Å². The Morgan fingerprint density at radius 3 is 2.38 bits per heavy atom. The molecule has 7 nitrogen and oxygen atoms in total. The Labute approximate surface area is 228 Å². The SMILES string of the molecule is CNC(=O)CN(C)CC#Cc1ccc(-n2nc(C(=O)NC(C)(C)C)c(C)c2-c2ccc(Cl)cc2)c(Cl)c1. The van der Waals surface area contributed by atoms with Gasteiger partial charge in [-0.05, 0) is 65.1 Å². The van der Waals surface area contributed by atoms with Crippen LogP contribution in [-0.2, 0) is 4.79 Å². The van der Waals surface area contributed by atoms with E-state index in [4.69, 9.17) is 23.2 Å². The number of amides is 2. The number of nitrogens with zero attached hydrogens (tertiary/aromatic N) is 3. The van der Waals surface area contributed by atoms with Gasteiger partial charge in [-0.15, -0.1) is 0 Å². The fourth-order valence-electron chi connectivity index (χ4n) is 3.65. The molecule has 2 aromatic carbocycles. The van der Waals surface area contributed by atoms with E-state index >= 15 is 0 Å². The van der Waals surface area contributed by atoms with Crippen LogP contribution in [0.5, 0.6) is 0 Å². The molecule has 2 amide bonds. The zero-order valence-electron chi connectivity index (χ0n) is 21.9. The lowest BCUT2D eigenvalue weighted by atomic mass is 10.0. The predicted octanol–water partition coefficient (Wildman–Crippen LogP) is 4.71. The van der Waals surface area contributed by atoms with Crippen molar-refractivity contribution in [1.82, 2.24) is 25.3 Å². The van der Waals surface area contributed by atoms with Crippen LogP contribution in [0.1, 0.15) is 42.4 Å². The maximum atomic E-state index is 13.1. The van der Waals surface area contributed by atoms with Gasteiger partial charge in [-0.3, -0.25) is 14.5 Å². The van der Waals surface area contributed by atoms with Crippen LogP contribution in [0.15, 0.2) is 42.5 Å². The van der Waals surface area contributed by atoms with Gasteiger partial charge in [0.25, 0.3) is 5.91 Å². The van der Waals surface area contributed by atoms with Crippen LogP contribution in [0.25, 0.3) is 16.9 Å². The normalized spacial score (nSPS) is 11.2. The highest BCUT2D eigenvalue weighted by atomic mass is 35.5. The van der Waals surface area contributed by atoms with E-state index in [2.05, 4.69) is 27.6 Å². The molecule has 3 aromatic rings. The molecule has 9 heteroatoms. The lowest BCUT2D eigenvalue weighted by molar-refractivity contribution is -0.121. The van der Waals surface area contributed by atoms with Gasteiger partial charge in [-0.1, -0.05) is 47.2 Å². The fraction of sp³-hybridized carbons (Fsp3) is 0.321. The highest BCUT2D eigenvalue weighted by molar-refractivity contribution is 6.32. The van der Waals surface area contributed by atoms with Crippen LogP contribution in [0.2, 0.25) is 10.0 Å². The van der Waals surface area contributed by atoms with Crippen molar-refractivity contribution in [2.24, 2.45) is 0 Å². The summed E-state index contributed by atoms with van der Waals surface area (Å²) in [4.78, 5) is 26.4. The summed E-state index contributed by atoms with van der Waals surface area (Å²) in [6.45, 7) is 8.33. The van der Waals surface area contributed by atoms with Gasteiger partial charge in [0.2, 0.25) is 5.91 Å². The zero-order valence-corrected chi connectivity index (χ0v) is 23.4. The Balaban J connectivity index is 2.00. The van der Waals surface area contributed by atoms with E-state index in [1.807, 2.05) is 63.9 Å².